The van der Waals surface area contributed by atoms with E-state index in [2.05, 4.69) is 4.72 Å². The molecular weight excluding hydrogens is 343 g/mol. The smallest absolute Gasteiger partial charge is 0.264 e. The fourth-order valence-electron chi connectivity index (χ4n) is 2.82. The quantitative estimate of drug-likeness (QED) is 0.889. The number of sulfonamides is 1. The number of anilines is 1. The minimum Gasteiger partial charge on any atom is -0.342 e. The van der Waals surface area contributed by atoms with E-state index in [-0.39, 0.29) is 5.91 Å². The molecule has 1 heterocycles. The number of benzene rings is 2. The Hall–Kier alpha value is -2.41. The number of hydrogen-bond acceptors (Lipinski definition) is 3. The number of halogens is 1. The molecule has 132 valence electrons. The first-order valence-corrected chi connectivity index (χ1v) is 9.58. The van der Waals surface area contributed by atoms with Gasteiger partial charge in [-0.2, -0.15) is 0 Å². The van der Waals surface area contributed by atoms with Gasteiger partial charge in [0.1, 0.15) is 10.7 Å². The number of carbonyl (C=O) groups excluding carboxylic acids is 1. The maximum absolute atomic E-state index is 13.7. The maximum Gasteiger partial charge on any atom is 0.264 e. The number of nitrogens with zero attached hydrogens (tertiary/aromatic N) is 1. The van der Waals surface area contributed by atoms with E-state index in [1.165, 1.54) is 18.2 Å². The van der Waals surface area contributed by atoms with Crippen molar-refractivity contribution in [2.24, 2.45) is 0 Å². The molecule has 1 N–H and O–H groups in total. The summed E-state index contributed by atoms with van der Waals surface area (Å²) in [7, 11) is -3.99. The van der Waals surface area contributed by atoms with Crippen LogP contribution in [0.4, 0.5) is 10.1 Å². The Morgan fingerprint density at radius 1 is 1.04 bits per heavy atom. The molecule has 3 rings (SSSR count). The molecule has 5 nitrogen and oxygen atoms in total. The molecule has 7 heteroatoms. The molecule has 0 bridgehead atoms. The highest BCUT2D eigenvalue weighted by Gasteiger charge is 2.19. The van der Waals surface area contributed by atoms with E-state index in [0.717, 1.165) is 37.6 Å². The molecule has 1 aliphatic rings. The topological polar surface area (TPSA) is 66.5 Å². The van der Waals surface area contributed by atoms with Gasteiger partial charge in [0.25, 0.3) is 10.0 Å². The van der Waals surface area contributed by atoms with Crippen molar-refractivity contribution in [3.8, 4) is 0 Å². The second kappa shape index (κ2) is 7.23. The lowest BCUT2D eigenvalue weighted by molar-refractivity contribution is -0.129. The monoisotopic (exact) mass is 362 g/mol. The van der Waals surface area contributed by atoms with Crippen molar-refractivity contribution in [2.45, 2.75) is 24.2 Å². The third kappa shape index (κ3) is 4.17. The van der Waals surface area contributed by atoms with Crippen molar-refractivity contribution in [1.29, 1.82) is 0 Å². The zero-order valence-corrected chi connectivity index (χ0v) is 14.4. The lowest BCUT2D eigenvalue weighted by atomic mass is 10.1. The Morgan fingerprint density at radius 3 is 2.32 bits per heavy atom. The van der Waals surface area contributed by atoms with Crippen LogP contribution in [0, 0.1) is 5.82 Å². The largest absolute Gasteiger partial charge is 0.342 e. The van der Waals surface area contributed by atoms with E-state index in [0.29, 0.717) is 12.1 Å². The first-order valence-electron chi connectivity index (χ1n) is 8.10. The summed E-state index contributed by atoms with van der Waals surface area (Å²) < 4.78 is 40.5. The van der Waals surface area contributed by atoms with Crippen molar-refractivity contribution in [2.75, 3.05) is 17.8 Å². The van der Waals surface area contributed by atoms with E-state index >= 15 is 0 Å². The molecule has 1 saturated heterocycles. The summed E-state index contributed by atoms with van der Waals surface area (Å²) >= 11 is 0. The number of rotatable bonds is 5. The van der Waals surface area contributed by atoms with Gasteiger partial charge in [0.05, 0.1) is 6.42 Å². The van der Waals surface area contributed by atoms with Gasteiger partial charge >= 0.3 is 0 Å². The molecule has 0 aromatic heterocycles. The van der Waals surface area contributed by atoms with Crippen LogP contribution < -0.4 is 4.72 Å². The van der Waals surface area contributed by atoms with E-state index in [1.807, 2.05) is 4.90 Å². The van der Waals surface area contributed by atoms with Gasteiger partial charge in [-0.15, -0.1) is 0 Å². The zero-order chi connectivity index (χ0) is 17.9. The summed E-state index contributed by atoms with van der Waals surface area (Å²) in [5.74, 6) is -0.722. The molecule has 0 unspecified atom stereocenters. The summed E-state index contributed by atoms with van der Waals surface area (Å²) in [6.07, 6.45) is 2.38. The first kappa shape index (κ1) is 17.4. The molecule has 2 aromatic rings. The standard InChI is InChI=1S/C18H19FN2O3S/c19-16-5-1-2-6-17(16)25(23,24)20-15-9-7-14(8-10-15)13-18(22)21-11-3-4-12-21/h1-2,5-10,20H,3-4,11-13H2. The molecule has 0 atom stereocenters. The Labute approximate surface area is 146 Å². The maximum atomic E-state index is 13.7. The van der Waals surface area contributed by atoms with Gasteiger partial charge in [-0.05, 0) is 42.7 Å². The van der Waals surface area contributed by atoms with Gasteiger partial charge in [-0.25, -0.2) is 12.8 Å². The average Bonchev–Trinajstić information content (AvgIpc) is 3.11. The molecule has 1 fully saturated rings. The highest BCUT2D eigenvalue weighted by Crippen LogP contribution is 2.19. The van der Waals surface area contributed by atoms with Crippen LogP contribution in [0.2, 0.25) is 0 Å². The van der Waals surface area contributed by atoms with Crippen LogP contribution in [-0.2, 0) is 21.2 Å². The van der Waals surface area contributed by atoms with Crippen LogP contribution in [0.15, 0.2) is 53.4 Å². The van der Waals surface area contributed by atoms with Crippen LogP contribution in [0.25, 0.3) is 0 Å². The lowest BCUT2D eigenvalue weighted by Crippen LogP contribution is -2.29. The van der Waals surface area contributed by atoms with Crippen LogP contribution >= 0.6 is 0 Å². The van der Waals surface area contributed by atoms with Gasteiger partial charge in [-0.1, -0.05) is 24.3 Å². The predicted octanol–water partition coefficient (Wildman–Crippen LogP) is 2.79. The van der Waals surface area contributed by atoms with Gasteiger partial charge in [0, 0.05) is 18.8 Å². The predicted molar refractivity (Wildman–Crippen MR) is 93.2 cm³/mol. The Balaban J connectivity index is 1.68. The summed E-state index contributed by atoms with van der Waals surface area (Å²) in [5, 5.41) is 0. The second-order valence-corrected chi connectivity index (χ2v) is 7.65. The van der Waals surface area contributed by atoms with E-state index in [1.54, 1.807) is 24.3 Å². The zero-order valence-electron chi connectivity index (χ0n) is 13.6. The molecule has 0 radical (unpaired) electrons. The third-order valence-electron chi connectivity index (χ3n) is 4.15. The SMILES string of the molecule is O=C(Cc1ccc(NS(=O)(=O)c2ccccc2F)cc1)N1CCCC1. The van der Waals surface area contributed by atoms with Crippen LogP contribution in [-0.4, -0.2) is 32.3 Å². The molecule has 0 aliphatic carbocycles. The van der Waals surface area contributed by atoms with E-state index in [9.17, 15) is 17.6 Å². The molecule has 1 amide bonds. The molecule has 0 saturated carbocycles. The van der Waals surface area contributed by atoms with E-state index < -0.39 is 20.7 Å². The van der Waals surface area contributed by atoms with Crippen molar-refractivity contribution >= 4 is 21.6 Å². The summed E-state index contributed by atoms with van der Waals surface area (Å²) in [6, 6.07) is 11.8. The second-order valence-electron chi connectivity index (χ2n) is 6.00. The van der Waals surface area contributed by atoms with Gasteiger partial charge in [0.2, 0.25) is 5.91 Å². The Kier molecular flexibility index (Phi) is 5.03. The normalized spacial score (nSPS) is 14.5. The molecular formula is C18H19FN2O3S. The van der Waals surface area contributed by atoms with Crippen LogP contribution in [0.1, 0.15) is 18.4 Å². The highest BCUT2D eigenvalue weighted by atomic mass is 32.2. The number of likely N-dealkylation sites (tertiary alicyclic amines) is 1. The average molecular weight is 362 g/mol. The van der Waals surface area contributed by atoms with Crippen molar-refractivity contribution < 1.29 is 17.6 Å². The van der Waals surface area contributed by atoms with Gasteiger partial charge in [-0.3, -0.25) is 9.52 Å². The first-order chi connectivity index (χ1) is 12.0. The van der Waals surface area contributed by atoms with Crippen molar-refractivity contribution in [1.82, 2.24) is 4.90 Å². The molecule has 1 aliphatic heterocycles. The van der Waals surface area contributed by atoms with Gasteiger partial charge < -0.3 is 4.90 Å². The molecule has 25 heavy (non-hydrogen) atoms. The molecule has 2 aromatic carbocycles. The van der Waals surface area contributed by atoms with Crippen molar-refractivity contribution in [3.63, 3.8) is 0 Å². The third-order valence-corrected chi connectivity index (χ3v) is 5.56. The number of carbonyl (C=O) groups is 1. The van der Waals surface area contributed by atoms with E-state index in [4.69, 9.17) is 0 Å². The number of hydrogen-bond donors (Lipinski definition) is 1. The summed E-state index contributed by atoms with van der Waals surface area (Å²) in [5.41, 5.74) is 1.13. The van der Waals surface area contributed by atoms with Gasteiger partial charge in [0.15, 0.2) is 0 Å². The fourth-order valence-corrected chi connectivity index (χ4v) is 3.96. The Bertz CT molecular complexity index is 860. The summed E-state index contributed by atoms with van der Waals surface area (Å²) in [4.78, 5) is 13.6. The van der Waals surface area contributed by atoms with Crippen LogP contribution in [0.5, 0.6) is 0 Å². The minimum atomic E-state index is -3.99. The minimum absolute atomic E-state index is 0.0807. The fraction of sp³-hybridized carbons (Fsp3) is 0.278. The number of amides is 1. The highest BCUT2D eigenvalue weighted by molar-refractivity contribution is 7.92. The van der Waals surface area contributed by atoms with Crippen molar-refractivity contribution in [3.05, 3.63) is 59.9 Å². The lowest BCUT2D eigenvalue weighted by Gasteiger charge is -2.15. The molecule has 0 spiro atoms. The van der Waals surface area contributed by atoms with Crippen LogP contribution in [0.3, 0.4) is 0 Å². The Morgan fingerprint density at radius 2 is 1.68 bits per heavy atom. The summed E-state index contributed by atoms with van der Waals surface area (Å²) in [6.45, 7) is 1.61. The number of nitrogens with one attached hydrogen (secondary N) is 1.